The van der Waals surface area contributed by atoms with Crippen LogP contribution in [0, 0.1) is 18.1 Å². The molecule has 0 aromatic heterocycles. The Morgan fingerprint density at radius 2 is 1.73 bits per heavy atom. The van der Waals surface area contributed by atoms with Gasteiger partial charge in [0.05, 0.1) is 0 Å². The van der Waals surface area contributed by atoms with E-state index < -0.39 is 0 Å². The first-order chi connectivity index (χ1) is 11.4. The summed E-state index contributed by atoms with van der Waals surface area (Å²) in [5, 5.41) is 0. The molecule has 5 rings (SSSR count). The van der Waals surface area contributed by atoms with Crippen LogP contribution in [0.5, 0.6) is 0 Å². The first-order valence-corrected chi connectivity index (χ1v) is 8.43. The molecule has 2 unspecified atom stereocenters. The van der Waals surface area contributed by atoms with Crippen LogP contribution in [0.2, 0.25) is 0 Å². The summed E-state index contributed by atoms with van der Waals surface area (Å²) in [7, 11) is 0. The van der Waals surface area contributed by atoms with Gasteiger partial charge in [-0.15, -0.1) is 17.5 Å². The maximum Gasteiger partial charge on any atom is 4.00 e. The zero-order chi connectivity index (χ0) is 15.5. The van der Waals surface area contributed by atoms with E-state index in [1.54, 1.807) is 0 Å². The molecule has 3 heteroatoms. The third-order valence-electron chi connectivity index (χ3n) is 4.85. The molecule has 0 bridgehead atoms. The van der Waals surface area contributed by atoms with Crippen LogP contribution in [-0.2, 0) is 25.8 Å². The van der Waals surface area contributed by atoms with Gasteiger partial charge in [0, 0.05) is 0 Å². The Hall–Kier alpha value is -0.890. The van der Waals surface area contributed by atoms with Gasteiger partial charge in [-0.3, -0.25) is 6.08 Å². The summed E-state index contributed by atoms with van der Waals surface area (Å²) >= 11 is 0. The smallest absolute Gasteiger partial charge is 1.00 e. The minimum atomic E-state index is 0. The summed E-state index contributed by atoms with van der Waals surface area (Å²) in [6.07, 6.45) is 17.2. The summed E-state index contributed by atoms with van der Waals surface area (Å²) in [4.78, 5) is 0. The van der Waals surface area contributed by atoms with Gasteiger partial charge in [0.15, 0.2) is 0 Å². The molecule has 0 heterocycles. The van der Waals surface area contributed by atoms with E-state index in [1.165, 1.54) is 35.1 Å². The standard InChI is InChI=1S/C18H15.C5H5.2ClH.Hf/c1-2-8-13(7-1)18-16-11-5-3-9-14(16)15-10-4-6-12-17(15)18;1-2-4-5-3-1;;;/h1,3-7,9-11,13,18H,2,8H2;1-3H,4H2;2*1H;/q2*-1;;;+4/p-2. The molecule has 0 saturated heterocycles. The second-order valence-electron chi connectivity index (χ2n) is 6.23. The average molecular weight is 546 g/mol. The summed E-state index contributed by atoms with van der Waals surface area (Å²) in [5.74, 6) is 1.18. The SMILES string of the molecule is [C-]1=CC=CC1.[Cl-].[Cl-].[Hf+4].[c-]1cccc2c1C(C1C=CCC1)c1ccccc1-2. The molecule has 0 amide bonds. The number of halogens is 2. The summed E-state index contributed by atoms with van der Waals surface area (Å²) in [6, 6.07) is 18.7. The molecule has 3 aliphatic carbocycles. The molecular formula is C23H20Cl2Hf. The molecule has 0 N–H and O–H groups in total. The molecular weight excluding hydrogens is 526 g/mol. The Bertz CT molecular complexity index is 737. The van der Waals surface area contributed by atoms with Crippen molar-refractivity contribution in [1.82, 2.24) is 0 Å². The van der Waals surface area contributed by atoms with Crippen molar-refractivity contribution in [2.24, 2.45) is 5.92 Å². The molecule has 26 heavy (non-hydrogen) atoms. The number of rotatable bonds is 1. The molecule has 0 spiro atoms. The molecule has 0 fully saturated rings. The monoisotopic (exact) mass is 546 g/mol. The van der Waals surface area contributed by atoms with Crippen LogP contribution in [0.3, 0.4) is 0 Å². The largest absolute Gasteiger partial charge is 4.00 e. The molecule has 3 aliphatic rings. The maximum atomic E-state index is 3.49. The van der Waals surface area contributed by atoms with Gasteiger partial charge in [-0.2, -0.15) is 30.3 Å². The second kappa shape index (κ2) is 11.1. The first-order valence-electron chi connectivity index (χ1n) is 8.43. The van der Waals surface area contributed by atoms with Gasteiger partial charge in [0.1, 0.15) is 0 Å². The second-order valence-corrected chi connectivity index (χ2v) is 6.23. The molecule has 2 aromatic rings. The van der Waals surface area contributed by atoms with Crippen LogP contribution < -0.4 is 24.8 Å². The van der Waals surface area contributed by atoms with Gasteiger partial charge in [-0.05, 0) is 30.2 Å². The Morgan fingerprint density at radius 3 is 2.38 bits per heavy atom. The van der Waals surface area contributed by atoms with Gasteiger partial charge < -0.3 is 24.8 Å². The molecule has 0 radical (unpaired) electrons. The van der Waals surface area contributed by atoms with Gasteiger partial charge in [0.2, 0.25) is 0 Å². The van der Waals surface area contributed by atoms with Crippen LogP contribution in [0.15, 0.2) is 72.8 Å². The molecule has 130 valence electrons. The van der Waals surface area contributed by atoms with Crippen LogP contribution in [0.25, 0.3) is 11.1 Å². The van der Waals surface area contributed by atoms with Crippen molar-refractivity contribution in [1.29, 1.82) is 0 Å². The Labute approximate surface area is 188 Å². The molecule has 0 nitrogen and oxygen atoms in total. The average Bonchev–Trinajstić information content (AvgIpc) is 3.35. The van der Waals surface area contributed by atoms with Crippen LogP contribution in [-0.4, -0.2) is 0 Å². The van der Waals surface area contributed by atoms with E-state index >= 15 is 0 Å². The van der Waals surface area contributed by atoms with Crippen molar-refractivity contribution < 1.29 is 50.7 Å². The Balaban J connectivity index is 0.000000372. The van der Waals surface area contributed by atoms with Crippen LogP contribution >= 0.6 is 0 Å². The van der Waals surface area contributed by atoms with Gasteiger partial charge in [-0.25, -0.2) is 12.2 Å². The maximum absolute atomic E-state index is 3.49. The molecule has 0 saturated carbocycles. The molecule has 0 aliphatic heterocycles. The molecule has 2 atom stereocenters. The van der Waals surface area contributed by atoms with E-state index in [2.05, 4.69) is 72.8 Å². The third-order valence-corrected chi connectivity index (χ3v) is 4.85. The van der Waals surface area contributed by atoms with Crippen molar-refractivity contribution in [3.63, 3.8) is 0 Å². The minimum absolute atomic E-state index is 0. The quantitative estimate of drug-likeness (QED) is 0.266. The predicted molar refractivity (Wildman–Crippen MR) is 96.0 cm³/mol. The summed E-state index contributed by atoms with van der Waals surface area (Å²) < 4.78 is 0. The fourth-order valence-corrected chi connectivity index (χ4v) is 3.83. The van der Waals surface area contributed by atoms with E-state index in [9.17, 15) is 0 Å². The topological polar surface area (TPSA) is 0 Å². The van der Waals surface area contributed by atoms with Crippen molar-refractivity contribution in [3.05, 3.63) is 96.1 Å². The van der Waals surface area contributed by atoms with Crippen LogP contribution in [0.4, 0.5) is 0 Å². The number of fused-ring (bicyclic) bond motifs is 3. The zero-order valence-electron chi connectivity index (χ0n) is 14.5. The number of allylic oxidation sites excluding steroid dienone is 6. The van der Waals surface area contributed by atoms with E-state index in [0.717, 1.165) is 6.42 Å². The molecule has 2 aromatic carbocycles. The number of hydrogen-bond acceptors (Lipinski definition) is 0. The van der Waals surface area contributed by atoms with E-state index in [4.69, 9.17) is 0 Å². The zero-order valence-corrected chi connectivity index (χ0v) is 19.6. The van der Waals surface area contributed by atoms with E-state index in [0.29, 0.717) is 11.8 Å². The van der Waals surface area contributed by atoms with E-state index in [1.807, 2.05) is 12.2 Å². The van der Waals surface area contributed by atoms with Crippen molar-refractivity contribution in [3.8, 4) is 11.1 Å². The fraction of sp³-hybridized carbons (Fsp3) is 0.217. The first kappa shape index (κ1) is 23.1. The van der Waals surface area contributed by atoms with E-state index in [-0.39, 0.29) is 50.7 Å². The minimum Gasteiger partial charge on any atom is -1.00 e. The number of benzene rings is 2. The van der Waals surface area contributed by atoms with Crippen molar-refractivity contribution in [2.45, 2.75) is 25.2 Å². The third kappa shape index (κ3) is 4.68. The summed E-state index contributed by atoms with van der Waals surface area (Å²) in [5.41, 5.74) is 5.69. The van der Waals surface area contributed by atoms with Gasteiger partial charge >= 0.3 is 25.8 Å². The fourth-order valence-electron chi connectivity index (χ4n) is 3.83. The van der Waals surface area contributed by atoms with Crippen molar-refractivity contribution in [2.75, 3.05) is 0 Å². The van der Waals surface area contributed by atoms with Crippen molar-refractivity contribution >= 4 is 0 Å². The van der Waals surface area contributed by atoms with Gasteiger partial charge in [0.25, 0.3) is 0 Å². The van der Waals surface area contributed by atoms with Gasteiger partial charge in [-0.1, -0.05) is 42.0 Å². The summed E-state index contributed by atoms with van der Waals surface area (Å²) in [6.45, 7) is 0. The normalized spacial score (nSPS) is 20.0. The Morgan fingerprint density at radius 1 is 0.923 bits per heavy atom. The Kier molecular flexibility index (Phi) is 9.85. The van der Waals surface area contributed by atoms with Crippen LogP contribution in [0.1, 0.15) is 36.3 Å². The number of hydrogen-bond donors (Lipinski definition) is 0. The predicted octanol–water partition coefficient (Wildman–Crippen LogP) is -0.124.